The van der Waals surface area contributed by atoms with Gasteiger partial charge in [0, 0.05) is 29.6 Å². The van der Waals surface area contributed by atoms with E-state index in [-0.39, 0.29) is 27.2 Å². The molecule has 1 aliphatic heterocycles. The Morgan fingerprint density at radius 2 is 1.72 bits per heavy atom. The summed E-state index contributed by atoms with van der Waals surface area (Å²) in [5.74, 6) is -0.159. The molecular formula is C24H25ClN2O4S. The summed E-state index contributed by atoms with van der Waals surface area (Å²) >= 11 is 5.94. The number of rotatable bonds is 3. The molecule has 1 amide bonds. The number of primary sulfonamides is 1. The monoisotopic (exact) mass is 472 g/mol. The molecule has 2 aliphatic rings. The van der Waals surface area contributed by atoms with E-state index in [1.165, 1.54) is 29.3 Å². The highest BCUT2D eigenvalue weighted by atomic mass is 35.5. The molecule has 0 fully saturated rings. The molecule has 0 saturated carbocycles. The van der Waals surface area contributed by atoms with Crippen LogP contribution in [0.25, 0.3) is 5.57 Å². The molecule has 0 radical (unpaired) electrons. The van der Waals surface area contributed by atoms with E-state index >= 15 is 0 Å². The fraction of sp³-hybridized carbons (Fsp3) is 0.333. The van der Waals surface area contributed by atoms with Crippen molar-refractivity contribution in [2.45, 2.75) is 38.5 Å². The fourth-order valence-corrected chi connectivity index (χ4v) is 5.45. The summed E-state index contributed by atoms with van der Waals surface area (Å²) in [6.07, 6.45) is 1.52. The first kappa shape index (κ1) is 22.7. The molecule has 1 aliphatic carbocycles. The predicted molar refractivity (Wildman–Crippen MR) is 124 cm³/mol. The number of hydrogen-bond acceptors (Lipinski definition) is 4. The number of nitrogens with two attached hydrogens (primary N) is 1. The number of hydrogen-bond donors (Lipinski definition) is 1. The fourth-order valence-electron chi connectivity index (χ4n) is 4.38. The van der Waals surface area contributed by atoms with Crippen molar-refractivity contribution in [1.29, 1.82) is 0 Å². The maximum absolute atomic E-state index is 13.1. The molecular weight excluding hydrogens is 448 g/mol. The van der Waals surface area contributed by atoms with Gasteiger partial charge in [0.15, 0.2) is 5.78 Å². The largest absolute Gasteiger partial charge is 0.338 e. The van der Waals surface area contributed by atoms with Gasteiger partial charge in [0.1, 0.15) is 4.90 Å². The number of nitrogens with zero attached hydrogens (tertiary/aromatic N) is 1. The molecule has 0 atom stereocenters. The highest BCUT2D eigenvalue weighted by Crippen LogP contribution is 2.39. The van der Waals surface area contributed by atoms with E-state index in [0.29, 0.717) is 18.7 Å². The minimum Gasteiger partial charge on any atom is -0.338 e. The van der Waals surface area contributed by atoms with E-state index in [1.54, 1.807) is 6.07 Å². The molecule has 0 aromatic heterocycles. The molecule has 32 heavy (non-hydrogen) atoms. The Morgan fingerprint density at radius 1 is 1.06 bits per heavy atom. The van der Waals surface area contributed by atoms with Crippen LogP contribution in [0.1, 0.15) is 54.2 Å². The van der Waals surface area contributed by atoms with Gasteiger partial charge in [0.2, 0.25) is 15.9 Å². The second-order valence-corrected chi connectivity index (χ2v) is 11.3. The summed E-state index contributed by atoms with van der Waals surface area (Å²) in [6, 6.07) is 9.63. The van der Waals surface area contributed by atoms with Gasteiger partial charge in [-0.2, -0.15) is 0 Å². The molecule has 0 bridgehead atoms. The van der Waals surface area contributed by atoms with Crippen molar-refractivity contribution in [3.05, 3.63) is 69.2 Å². The third-order valence-electron chi connectivity index (χ3n) is 5.97. The van der Waals surface area contributed by atoms with Crippen molar-refractivity contribution in [3.63, 3.8) is 0 Å². The predicted octanol–water partition coefficient (Wildman–Crippen LogP) is 3.81. The summed E-state index contributed by atoms with van der Waals surface area (Å²) < 4.78 is 23.5. The van der Waals surface area contributed by atoms with Gasteiger partial charge in [0.05, 0.1) is 5.02 Å². The lowest BCUT2D eigenvalue weighted by Crippen LogP contribution is -2.42. The van der Waals surface area contributed by atoms with Crippen molar-refractivity contribution in [1.82, 2.24) is 4.90 Å². The number of amides is 1. The average molecular weight is 473 g/mol. The molecule has 4 rings (SSSR count). The van der Waals surface area contributed by atoms with E-state index in [1.807, 2.05) is 37.8 Å². The second kappa shape index (κ2) is 7.83. The van der Waals surface area contributed by atoms with E-state index in [4.69, 9.17) is 16.7 Å². The topological polar surface area (TPSA) is 97.5 Å². The van der Waals surface area contributed by atoms with E-state index < -0.39 is 15.4 Å². The normalized spacial score (nSPS) is 16.1. The van der Waals surface area contributed by atoms with Gasteiger partial charge >= 0.3 is 0 Å². The molecule has 1 heterocycles. The third-order valence-corrected chi connectivity index (χ3v) is 7.36. The average Bonchev–Trinajstić information content (AvgIpc) is 3.08. The Hall–Kier alpha value is -2.48. The van der Waals surface area contributed by atoms with Crippen molar-refractivity contribution in [2.75, 3.05) is 13.1 Å². The Kier molecular flexibility index (Phi) is 5.56. The number of carbonyl (C=O) groups excluding carboxylic acids is 2. The third kappa shape index (κ3) is 4.12. The van der Waals surface area contributed by atoms with Gasteiger partial charge in [0.25, 0.3) is 0 Å². The van der Waals surface area contributed by atoms with Crippen LogP contribution < -0.4 is 5.14 Å². The van der Waals surface area contributed by atoms with Crippen LogP contribution in [0.2, 0.25) is 5.02 Å². The van der Waals surface area contributed by atoms with E-state index in [9.17, 15) is 18.0 Å². The zero-order valence-corrected chi connectivity index (χ0v) is 19.8. The first-order chi connectivity index (χ1) is 14.9. The van der Waals surface area contributed by atoms with Gasteiger partial charge in [-0.1, -0.05) is 44.5 Å². The number of halogens is 1. The number of benzene rings is 2. The molecule has 0 saturated heterocycles. The van der Waals surface area contributed by atoms with Crippen LogP contribution in [0.5, 0.6) is 0 Å². The van der Waals surface area contributed by atoms with Crippen LogP contribution >= 0.6 is 11.6 Å². The zero-order chi connectivity index (χ0) is 23.4. The van der Waals surface area contributed by atoms with Gasteiger partial charge in [-0.15, -0.1) is 0 Å². The first-order valence-electron chi connectivity index (χ1n) is 10.4. The van der Waals surface area contributed by atoms with Crippen LogP contribution in [0.3, 0.4) is 0 Å². The van der Waals surface area contributed by atoms with E-state index in [2.05, 4.69) is 0 Å². The van der Waals surface area contributed by atoms with Gasteiger partial charge in [-0.25, -0.2) is 13.6 Å². The zero-order valence-electron chi connectivity index (χ0n) is 18.2. The molecule has 8 heteroatoms. The number of sulfonamides is 1. The van der Waals surface area contributed by atoms with Crippen LogP contribution in [0.4, 0.5) is 0 Å². The van der Waals surface area contributed by atoms with Crippen molar-refractivity contribution in [2.24, 2.45) is 10.6 Å². The lowest BCUT2D eigenvalue weighted by atomic mass is 9.91. The maximum atomic E-state index is 13.1. The molecule has 2 N–H and O–H groups in total. The smallest absolute Gasteiger partial charge is 0.239 e. The highest BCUT2D eigenvalue weighted by Gasteiger charge is 2.33. The summed E-state index contributed by atoms with van der Waals surface area (Å²) in [5, 5.41) is 5.19. The number of carbonyl (C=O) groups is 2. The Morgan fingerprint density at radius 3 is 2.38 bits per heavy atom. The SMILES string of the molecule is CC(C)(C)C(=O)N1CCC2=C(Cc3ccc(C(=O)c4ccc(Cl)c(S(N)(=O)=O)c4)cc32)C1. The van der Waals surface area contributed by atoms with Crippen LogP contribution in [-0.2, 0) is 21.2 Å². The lowest BCUT2D eigenvalue weighted by Gasteiger charge is -2.33. The van der Waals surface area contributed by atoms with Crippen LogP contribution in [-0.4, -0.2) is 38.1 Å². The lowest BCUT2D eigenvalue weighted by molar-refractivity contribution is -0.139. The minimum atomic E-state index is -4.04. The standard InChI is InChI=1S/C24H25ClN2O4S/c1-24(2,3)23(29)27-9-8-18-17(13-27)10-14-4-5-15(11-19(14)18)22(28)16-6-7-20(25)21(12-16)32(26,30)31/h4-7,11-12H,8-10,13H2,1-3H3,(H2,26,30,31). The van der Waals surface area contributed by atoms with Gasteiger partial charge < -0.3 is 4.90 Å². The summed E-state index contributed by atoms with van der Waals surface area (Å²) in [6.45, 7) is 7.05. The number of ketones is 1. The number of fused-ring (bicyclic) bond motifs is 2. The Balaban J connectivity index is 1.64. The highest BCUT2D eigenvalue weighted by molar-refractivity contribution is 7.89. The quantitative estimate of drug-likeness (QED) is 0.687. The van der Waals surface area contributed by atoms with Crippen molar-refractivity contribution < 1.29 is 18.0 Å². The summed E-state index contributed by atoms with van der Waals surface area (Å²) in [7, 11) is -4.04. The summed E-state index contributed by atoms with van der Waals surface area (Å²) in [5.41, 5.74) is 4.85. The van der Waals surface area contributed by atoms with Crippen molar-refractivity contribution >= 4 is 38.9 Å². The van der Waals surface area contributed by atoms with Crippen LogP contribution in [0, 0.1) is 5.41 Å². The second-order valence-electron chi connectivity index (χ2n) is 9.38. The van der Waals surface area contributed by atoms with E-state index in [0.717, 1.165) is 24.0 Å². The first-order valence-corrected chi connectivity index (χ1v) is 12.3. The van der Waals surface area contributed by atoms with Gasteiger partial charge in [-0.3, -0.25) is 9.59 Å². The Labute approximate surface area is 193 Å². The van der Waals surface area contributed by atoms with Crippen LogP contribution in [0.15, 0.2) is 46.9 Å². The molecule has 168 valence electrons. The van der Waals surface area contributed by atoms with Crippen molar-refractivity contribution in [3.8, 4) is 0 Å². The van der Waals surface area contributed by atoms with Gasteiger partial charge in [-0.05, 0) is 59.4 Å². The maximum Gasteiger partial charge on any atom is 0.239 e. The summed E-state index contributed by atoms with van der Waals surface area (Å²) in [4.78, 5) is 27.4. The molecule has 2 aromatic rings. The molecule has 6 nitrogen and oxygen atoms in total. The molecule has 0 spiro atoms. The minimum absolute atomic E-state index is 0.0237. The Bertz CT molecular complexity index is 1290. The molecule has 0 unspecified atom stereocenters. The molecule has 2 aromatic carbocycles.